The van der Waals surface area contributed by atoms with Crippen LogP contribution in [0.5, 0.6) is 0 Å². The van der Waals surface area contributed by atoms with E-state index in [-0.39, 0.29) is 24.0 Å². The van der Waals surface area contributed by atoms with Crippen LogP contribution in [-0.2, 0) is 25.9 Å². The third-order valence-corrected chi connectivity index (χ3v) is 3.65. The number of halogens is 1. The van der Waals surface area contributed by atoms with Gasteiger partial charge in [-0.1, -0.05) is 43.3 Å². The van der Waals surface area contributed by atoms with Crippen LogP contribution in [-0.4, -0.2) is 17.7 Å². The van der Waals surface area contributed by atoms with Gasteiger partial charge in [-0.3, -0.25) is 0 Å². The minimum absolute atomic E-state index is 0. The molecule has 1 aromatic carbocycles. The van der Waals surface area contributed by atoms with E-state index in [1.165, 1.54) is 11.1 Å². The summed E-state index contributed by atoms with van der Waals surface area (Å²) in [6, 6.07) is 10.4. The van der Waals surface area contributed by atoms with Crippen molar-refractivity contribution in [3.05, 3.63) is 52.9 Å². The number of hydrogen-bond donors (Lipinski definition) is 2. The van der Waals surface area contributed by atoms with Crippen LogP contribution in [0, 0.1) is 0 Å². The number of nitrogens with zero attached hydrogens (tertiary/aromatic N) is 2. The molecule has 6 heteroatoms. The molecule has 0 aliphatic heterocycles. The molecule has 0 amide bonds. The molecule has 0 spiro atoms. The highest BCUT2D eigenvalue weighted by Gasteiger charge is 2.05. The fourth-order valence-corrected chi connectivity index (χ4v) is 2.34. The van der Waals surface area contributed by atoms with E-state index in [1.807, 2.05) is 6.07 Å². The number of nitrogens with one attached hydrogen (secondary N) is 2. The van der Waals surface area contributed by atoms with Gasteiger partial charge in [0.05, 0.1) is 18.8 Å². The lowest BCUT2D eigenvalue weighted by molar-refractivity contribution is 0.374. The van der Waals surface area contributed by atoms with Crippen LogP contribution in [0.1, 0.15) is 43.4 Å². The monoisotopic (exact) mass is 442 g/mol. The lowest BCUT2D eigenvalue weighted by Crippen LogP contribution is -2.36. The number of aliphatic imine (C=N–C) groups is 1. The quantitative estimate of drug-likeness (QED) is 0.390. The molecule has 132 valence electrons. The Kier molecular flexibility index (Phi) is 9.44. The van der Waals surface area contributed by atoms with E-state index in [9.17, 15) is 0 Å². The summed E-state index contributed by atoms with van der Waals surface area (Å²) in [6.45, 7) is 8.34. The fourth-order valence-electron chi connectivity index (χ4n) is 2.34. The second-order valence-electron chi connectivity index (χ2n) is 5.31. The summed E-state index contributed by atoms with van der Waals surface area (Å²) in [6.07, 6.45) is 1.90. The normalized spacial score (nSPS) is 11.0. The molecule has 0 saturated carbocycles. The zero-order valence-corrected chi connectivity index (χ0v) is 17.0. The Morgan fingerprint density at radius 2 is 1.83 bits per heavy atom. The molecule has 0 aliphatic carbocycles. The van der Waals surface area contributed by atoms with Crippen molar-refractivity contribution in [1.82, 2.24) is 15.8 Å². The standard InChI is InChI=1S/C18H26N4O.HI/c1-4-14-9-7-8-10-15(14)12-20-18(19-6-3)21-13-17-11-16(5-2)22-23-17;/h7-11H,4-6,12-13H2,1-3H3,(H2,19,20,21);1H. The molecular weight excluding hydrogens is 415 g/mol. The van der Waals surface area contributed by atoms with Gasteiger partial charge >= 0.3 is 0 Å². The maximum Gasteiger partial charge on any atom is 0.191 e. The molecule has 2 aromatic rings. The number of hydrogen-bond acceptors (Lipinski definition) is 3. The average molecular weight is 442 g/mol. The Bertz CT molecular complexity index is 639. The Morgan fingerprint density at radius 1 is 1.08 bits per heavy atom. The van der Waals surface area contributed by atoms with Crippen molar-refractivity contribution >= 4 is 29.9 Å². The first-order valence-electron chi connectivity index (χ1n) is 8.30. The fraction of sp³-hybridized carbons (Fsp3) is 0.444. The first kappa shape index (κ1) is 20.5. The molecule has 1 heterocycles. The van der Waals surface area contributed by atoms with Gasteiger partial charge in [-0.05, 0) is 30.9 Å². The van der Waals surface area contributed by atoms with E-state index in [0.717, 1.165) is 36.8 Å². The van der Waals surface area contributed by atoms with Crippen LogP contribution >= 0.6 is 24.0 Å². The highest BCUT2D eigenvalue weighted by atomic mass is 127. The van der Waals surface area contributed by atoms with E-state index in [2.05, 4.69) is 65.8 Å². The SMILES string of the molecule is CCNC(=NCc1ccccc1CC)NCc1cc(CC)no1.I. The van der Waals surface area contributed by atoms with E-state index >= 15 is 0 Å². The second kappa shape index (κ2) is 11.1. The van der Waals surface area contributed by atoms with Gasteiger partial charge in [-0.15, -0.1) is 24.0 Å². The minimum atomic E-state index is 0. The molecule has 2 rings (SSSR count). The first-order valence-corrected chi connectivity index (χ1v) is 8.30. The molecule has 0 atom stereocenters. The Hall–Kier alpha value is -1.57. The van der Waals surface area contributed by atoms with Gasteiger partial charge in [0.1, 0.15) is 0 Å². The smallest absolute Gasteiger partial charge is 0.191 e. The van der Waals surface area contributed by atoms with Gasteiger partial charge in [0.15, 0.2) is 11.7 Å². The molecule has 1 aromatic heterocycles. The summed E-state index contributed by atoms with van der Waals surface area (Å²) >= 11 is 0. The van der Waals surface area contributed by atoms with E-state index in [4.69, 9.17) is 4.52 Å². The van der Waals surface area contributed by atoms with E-state index in [1.54, 1.807) is 0 Å². The zero-order chi connectivity index (χ0) is 16.5. The van der Waals surface area contributed by atoms with Crippen LogP contribution < -0.4 is 10.6 Å². The molecule has 5 nitrogen and oxygen atoms in total. The third kappa shape index (κ3) is 6.14. The molecule has 0 radical (unpaired) electrons. The van der Waals surface area contributed by atoms with Crippen molar-refractivity contribution in [2.75, 3.05) is 6.54 Å². The molecular formula is C18H27IN4O. The van der Waals surface area contributed by atoms with Crippen LogP contribution in [0.4, 0.5) is 0 Å². The van der Waals surface area contributed by atoms with Crippen molar-refractivity contribution in [2.24, 2.45) is 4.99 Å². The van der Waals surface area contributed by atoms with Crippen molar-refractivity contribution in [1.29, 1.82) is 0 Å². The summed E-state index contributed by atoms with van der Waals surface area (Å²) in [5, 5.41) is 10.5. The van der Waals surface area contributed by atoms with Gasteiger partial charge < -0.3 is 15.2 Å². The molecule has 24 heavy (non-hydrogen) atoms. The Balaban J connectivity index is 0.00000288. The molecule has 0 bridgehead atoms. The maximum atomic E-state index is 5.29. The highest BCUT2D eigenvalue weighted by Crippen LogP contribution is 2.10. The minimum Gasteiger partial charge on any atom is -0.359 e. The maximum absolute atomic E-state index is 5.29. The van der Waals surface area contributed by atoms with Gasteiger partial charge in [0, 0.05) is 12.6 Å². The van der Waals surface area contributed by atoms with Crippen LogP contribution in [0.25, 0.3) is 0 Å². The summed E-state index contributed by atoms with van der Waals surface area (Å²) in [4.78, 5) is 4.67. The zero-order valence-electron chi connectivity index (χ0n) is 14.6. The summed E-state index contributed by atoms with van der Waals surface area (Å²) < 4.78 is 5.29. The van der Waals surface area contributed by atoms with Crippen molar-refractivity contribution in [3.8, 4) is 0 Å². The Labute approximate surface area is 161 Å². The lowest BCUT2D eigenvalue weighted by Gasteiger charge is -2.11. The third-order valence-electron chi connectivity index (χ3n) is 3.65. The van der Waals surface area contributed by atoms with Gasteiger partial charge in [-0.25, -0.2) is 4.99 Å². The van der Waals surface area contributed by atoms with Crippen molar-refractivity contribution in [3.63, 3.8) is 0 Å². The van der Waals surface area contributed by atoms with Crippen LogP contribution in [0.15, 0.2) is 39.8 Å². The number of guanidine groups is 1. The van der Waals surface area contributed by atoms with Crippen molar-refractivity contribution in [2.45, 2.75) is 46.7 Å². The number of benzene rings is 1. The first-order chi connectivity index (χ1) is 11.3. The summed E-state index contributed by atoms with van der Waals surface area (Å²) in [7, 11) is 0. The predicted molar refractivity (Wildman–Crippen MR) is 109 cm³/mol. The average Bonchev–Trinajstić information content (AvgIpc) is 3.05. The molecule has 2 N–H and O–H groups in total. The summed E-state index contributed by atoms with van der Waals surface area (Å²) in [5.41, 5.74) is 3.58. The van der Waals surface area contributed by atoms with Crippen LogP contribution in [0.2, 0.25) is 0 Å². The Morgan fingerprint density at radius 3 is 2.46 bits per heavy atom. The van der Waals surface area contributed by atoms with Gasteiger partial charge in [0.25, 0.3) is 0 Å². The molecule has 0 saturated heterocycles. The number of aryl methyl sites for hydroxylation is 2. The molecule has 0 unspecified atom stereocenters. The highest BCUT2D eigenvalue weighted by molar-refractivity contribution is 14.0. The number of rotatable bonds is 7. The number of aromatic nitrogens is 1. The van der Waals surface area contributed by atoms with Crippen LogP contribution in [0.3, 0.4) is 0 Å². The van der Waals surface area contributed by atoms with Gasteiger partial charge in [-0.2, -0.15) is 0 Å². The van der Waals surface area contributed by atoms with Gasteiger partial charge in [0.2, 0.25) is 0 Å². The predicted octanol–water partition coefficient (Wildman–Crippen LogP) is 3.67. The van der Waals surface area contributed by atoms with E-state index < -0.39 is 0 Å². The second-order valence-corrected chi connectivity index (χ2v) is 5.31. The molecule has 0 aliphatic rings. The topological polar surface area (TPSA) is 62.5 Å². The molecule has 0 fully saturated rings. The van der Waals surface area contributed by atoms with Crippen molar-refractivity contribution < 1.29 is 4.52 Å². The largest absolute Gasteiger partial charge is 0.359 e. The summed E-state index contributed by atoms with van der Waals surface area (Å²) in [5.74, 6) is 1.61. The van der Waals surface area contributed by atoms with E-state index in [0.29, 0.717) is 13.1 Å². The lowest BCUT2D eigenvalue weighted by atomic mass is 10.1.